The zero-order valence-electron chi connectivity index (χ0n) is 9.93. The maximum atomic E-state index is 11.3. The lowest BCUT2D eigenvalue weighted by atomic mass is 10.1. The van der Waals surface area contributed by atoms with Gasteiger partial charge in [-0.15, -0.1) is 0 Å². The minimum Gasteiger partial charge on any atom is -0.326 e. The summed E-state index contributed by atoms with van der Waals surface area (Å²) < 4.78 is 0. The van der Waals surface area contributed by atoms with Gasteiger partial charge in [0.05, 0.1) is 5.69 Å². The highest BCUT2D eigenvalue weighted by Gasteiger charge is 2.03. The van der Waals surface area contributed by atoms with Crippen LogP contribution in [0.15, 0.2) is 41.2 Å². The third-order valence-corrected chi connectivity index (χ3v) is 2.44. The molecule has 18 heavy (non-hydrogen) atoms. The number of hydrogen-bond acceptors (Lipinski definition) is 3. The quantitative estimate of drug-likeness (QED) is 0.862. The first-order valence-electron chi connectivity index (χ1n) is 5.65. The van der Waals surface area contributed by atoms with Crippen molar-refractivity contribution < 1.29 is 4.79 Å². The number of nitrogens with zero attached hydrogens (tertiary/aromatic N) is 1. The van der Waals surface area contributed by atoms with E-state index in [2.05, 4.69) is 15.5 Å². The van der Waals surface area contributed by atoms with Crippen molar-refractivity contribution in [2.45, 2.75) is 13.3 Å². The molecule has 0 spiro atoms. The standard InChI is InChI=1S/C13H13N3O2/c1-2-12(17)14-10-5-3-4-9(8-10)11-6-7-13(18)16-15-11/h3-8H,2H2,1H3,(H,14,17)(H,16,18). The molecule has 0 atom stereocenters. The van der Waals surface area contributed by atoms with Gasteiger partial charge in [0.1, 0.15) is 0 Å². The van der Waals surface area contributed by atoms with Crippen molar-refractivity contribution in [2.24, 2.45) is 0 Å². The van der Waals surface area contributed by atoms with E-state index in [9.17, 15) is 9.59 Å². The molecule has 1 amide bonds. The lowest BCUT2D eigenvalue weighted by Gasteiger charge is -2.05. The summed E-state index contributed by atoms with van der Waals surface area (Å²) in [6, 6.07) is 10.4. The van der Waals surface area contributed by atoms with Crippen molar-refractivity contribution in [3.63, 3.8) is 0 Å². The second kappa shape index (κ2) is 5.27. The molecule has 2 N–H and O–H groups in total. The van der Waals surface area contributed by atoms with E-state index in [1.54, 1.807) is 13.0 Å². The molecule has 5 nitrogen and oxygen atoms in total. The number of benzene rings is 1. The van der Waals surface area contributed by atoms with Crippen LogP contribution < -0.4 is 10.9 Å². The first kappa shape index (κ1) is 12.0. The number of carbonyl (C=O) groups excluding carboxylic acids is 1. The fourth-order valence-corrected chi connectivity index (χ4v) is 1.51. The Labute approximate surface area is 104 Å². The predicted molar refractivity (Wildman–Crippen MR) is 69.2 cm³/mol. The lowest BCUT2D eigenvalue weighted by molar-refractivity contribution is -0.115. The monoisotopic (exact) mass is 243 g/mol. The Balaban J connectivity index is 2.29. The summed E-state index contributed by atoms with van der Waals surface area (Å²) >= 11 is 0. The highest BCUT2D eigenvalue weighted by atomic mass is 16.1. The molecule has 5 heteroatoms. The van der Waals surface area contributed by atoms with Crippen LogP contribution in [0.5, 0.6) is 0 Å². The normalized spacial score (nSPS) is 10.1. The average Bonchev–Trinajstić information content (AvgIpc) is 2.40. The number of rotatable bonds is 3. The molecular weight excluding hydrogens is 230 g/mol. The molecule has 0 radical (unpaired) electrons. The van der Waals surface area contributed by atoms with Gasteiger partial charge in [-0.3, -0.25) is 9.59 Å². The van der Waals surface area contributed by atoms with Gasteiger partial charge in [-0.25, -0.2) is 5.10 Å². The van der Waals surface area contributed by atoms with Crippen LogP contribution in [0.25, 0.3) is 11.3 Å². The SMILES string of the molecule is CCC(=O)Nc1cccc(-c2ccc(=O)[nH]n2)c1. The summed E-state index contributed by atoms with van der Waals surface area (Å²) in [6.45, 7) is 1.79. The molecule has 1 aromatic carbocycles. The minimum absolute atomic E-state index is 0.0402. The van der Waals surface area contributed by atoms with E-state index >= 15 is 0 Å². The van der Waals surface area contributed by atoms with Crippen LogP contribution in [0.2, 0.25) is 0 Å². The summed E-state index contributed by atoms with van der Waals surface area (Å²) in [5.74, 6) is -0.0402. The number of aromatic nitrogens is 2. The molecule has 0 unspecified atom stereocenters. The summed E-state index contributed by atoms with van der Waals surface area (Å²) in [7, 11) is 0. The van der Waals surface area contributed by atoms with Gasteiger partial charge in [-0.05, 0) is 18.2 Å². The van der Waals surface area contributed by atoms with Crippen molar-refractivity contribution in [3.8, 4) is 11.3 Å². The van der Waals surface area contributed by atoms with E-state index in [4.69, 9.17) is 0 Å². The summed E-state index contributed by atoms with van der Waals surface area (Å²) in [6.07, 6.45) is 0.432. The van der Waals surface area contributed by atoms with Crippen molar-refractivity contribution in [1.82, 2.24) is 10.2 Å². The second-order valence-corrected chi connectivity index (χ2v) is 3.79. The summed E-state index contributed by atoms with van der Waals surface area (Å²) in [5.41, 5.74) is 1.96. The fourth-order valence-electron chi connectivity index (χ4n) is 1.51. The Bertz CT molecular complexity index is 599. The number of nitrogens with one attached hydrogen (secondary N) is 2. The molecule has 92 valence electrons. The molecule has 1 heterocycles. The van der Waals surface area contributed by atoms with Gasteiger partial charge in [0.15, 0.2) is 0 Å². The molecule has 0 aliphatic heterocycles. The number of hydrogen-bond donors (Lipinski definition) is 2. The van der Waals surface area contributed by atoms with Gasteiger partial charge in [-0.2, -0.15) is 5.10 Å². The topological polar surface area (TPSA) is 74.8 Å². The van der Waals surface area contributed by atoms with Crippen LogP contribution >= 0.6 is 0 Å². The lowest BCUT2D eigenvalue weighted by Crippen LogP contribution is -2.09. The number of amides is 1. The molecule has 2 rings (SSSR count). The Morgan fingerprint density at radius 3 is 2.83 bits per heavy atom. The van der Waals surface area contributed by atoms with Crippen molar-refractivity contribution >= 4 is 11.6 Å². The van der Waals surface area contributed by atoms with Crippen molar-refractivity contribution in [1.29, 1.82) is 0 Å². The largest absolute Gasteiger partial charge is 0.326 e. The van der Waals surface area contributed by atoms with Gasteiger partial charge in [-0.1, -0.05) is 19.1 Å². The van der Waals surface area contributed by atoms with Crippen LogP contribution in [0.4, 0.5) is 5.69 Å². The summed E-state index contributed by atoms with van der Waals surface area (Å²) in [5, 5.41) is 9.09. The molecule has 0 saturated carbocycles. The minimum atomic E-state index is -0.241. The van der Waals surface area contributed by atoms with E-state index in [1.165, 1.54) is 6.07 Å². The third-order valence-electron chi connectivity index (χ3n) is 2.44. The van der Waals surface area contributed by atoms with Gasteiger partial charge in [0, 0.05) is 23.7 Å². The van der Waals surface area contributed by atoms with E-state index in [0.29, 0.717) is 17.8 Å². The first-order valence-corrected chi connectivity index (χ1v) is 5.65. The number of carbonyl (C=O) groups is 1. The van der Waals surface area contributed by atoms with Gasteiger partial charge in [0.25, 0.3) is 5.56 Å². The van der Waals surface area contributed by atoms with E-state index in [0.717, 1.165) is 5.56 Å². The molecule has 0 saturated heterocycles. The molecule has 0 aliphatic rings. The Morgan fingerprint density at radius 1 is 1.33 bits per heavy atom. The number of aromatic amines is 1. The van der Waals surface area contributed by atoms with Crippen LogP contribution in [-0.4, -0.2) is 16.1 Å². The predicted octanol–water partition coefficient (Wildman–Crippen LogP) is 1.79. The molecule has 0 fully saturated rings. The molecule has 0 bridgehead atoms. The highest BCUT2D eigenvalue weighted by molar-refractivity contribution is 5.91. The zero-order valence-corrected chi connectivity index (χ0v) is 9.93. The maximum absolute atomic E-state index is 11.3. The Hall–Kier alpha value is -2.43. The van der Waals surface area contributed by atoms with Crippen LogP contribution in [-0.2, 0) is 4.79 Å². The molecular formula is C13H13N3O2. The van der Waals surface area contributed by atoms with Crippen LogP contribution in [0.3, 0.4) is 0 Å². The molecule has 2 aromatic rings. The van der Waals surface area contributed by atoms with Crippen LogP contribution in [0, 0.1) is 0 Å². The van der Waals surface area contributed by atoms with Gasteiger partial charge in [0.2, 0.25) is 5.91 Å². The van der Waals surface area contributed by atoms with Crippen molar-refractivity contribution in [3.05, 3.63) is 46.8 Å². The molecule has 0 aliphatic carbocycles. The maximum Gasteiger partial charge on any atom is 0.264 e. The first-order chi connectivity index (χ1) is 8.69. The van der Waals surface area contributed by atoms with Gasteiger partial charge < -0.3 is 5.32 Å². The Kier molecular flexibility index (Phi) is 3.52. The average molecular weight is 243 g/mol. The van der Waals surface area contributed by atoms with E-state index in [1.807, 2.05) is 24.3 Å². The molecule has 1 aromatic heterocycles. The smallest absolute Gasteiger partial charge is 0.264 e. The highest BCUT2D eigenvalue weighted by Crippen LogP contribution is 2.19. The van der Waals surface area contributed by atoms with E-state index in [-0.39, 0.29) is 11.5 Å². The van der Waals surface area contributed by atoms with E-state index < -0.39 is 0 Å². The van der Waals surface area contributed by atoms with Crippen molar-refractivity contribution in [2.75, 3.05) is 5.32 Å². The number of anilines is 1. The van der Waals surface area contributed by atoms with Gasteiger partial charge >= 0.3 is 0 Å². The number of H-pyrrole nitrogens is 1. The zero-order chi connectivity index (χ0) is 13.0. The second-order valence-electron chi connectivity index (χ2n) is 3.79. The summed E-state index contributed by atoms with van der Waals surface area (Å²) in [4.78, 5) is 22.2. The fraction of sp³-hybridized carbons (Fsp3) is 0.154. The van der Waals surface area contributed by atoms with Crippen LogP contribution in [0.1, 0.15) is 13.3 Å². The third kappa shape index (κ3) is 2.82. The Morgan fingerprint density at radius 2 is 2.17 bits per heavy atom.